The molecule has 1 amide bonds. The number of nitrogens with one attached hydrogen (secondary N) is 1. The molecule has 0 spiro atoms. The molecular formula is C20H16N4O2. The molecule has 2 aromatic carbocycles. The van der Waals surface area contributed by atoms with E-state index in [1.807, 2.05) is 36.4 Å². The molecule has 0 bridgehead atoms. The van der Waals surface area contributed by atoms with Gasteiger partial charge in [-0.1, -0.05) is 18.2 Å². The molecule has 0 saturated carbocycles. The molecule has 2 aromatic heterocycles. The predicted molar refractivity (Wildman–Crippen MR) is 101 cm³/mol. The van der Waals surface area contributed by atoms with Crippen LogP contribution in [0.15, 0.2) is 71.9 Å². The summed E-state index contributed by atoms with van der Waals surface area (Å²) in [5, 5.41) is 4.33. The Balaban J connectivity index is 1.51. The lowest BCUT2D eigenvalue weighted by Gasteiger charge is -2.09. The maximum absolute atomic E-state index is 12.5. The van der Waals surface area contributed by atoms with E-state index in [1.165, 1.54) is 10.9 Å². The van der Waals surface area contributed by atoms with Crippen LogP contribution in [0, 0.1) is 0 Å². The van der Waals surface area contributed by atoms with E-state index in [1.54, 1.807) is 24.4 Å². The second-order valence-corrected chi connectivity index (χ2v) is 5.93. The molecule has 0 aliphatic rings. The molecule has 6 nitrogen and oxygen atoms in total. The Kier molecular flexibility index (Phi) is 4.15. The van der Waals surface area contributed by atoms with E-state index < -0.39 is 0 Å². The number of para-hydroxylation sites is 1. The van der Waals surface area contributed by atoms with Crippen molar-refractivity contribution in [3.63, 3.8) is 0 Å². The highest BCUT2D eigenvalue weighted by Gasteiger charge is 2.08. The monoisotopic (exact) mass is 344 g/mol. The molecule has 0 atom stereocenters. The van der Waals surface area contributed by atoms with E-state index in [0.717, 1.165) is 10.9 Å². The number of hydrogen-bond acceptors (Lipinski definition) is 4. The third-order valence-corrected chi connectivity index (χ3v) is 4.23. The molecule has 2 heterocycles. The van der Waals surface area contributed by atoms with Gasteiger partial charge in [0.05, 0.1) is 28.4 Å². The standard InChI is InChI=1S/C20H16N4O2/c25-19(23-18-9-3-8-16-14(18)6-4-11-21-16)10-12-24-13-22-17-7-2-1-5-15(17)20(24)26/h1-9,11,13H,10,12H2,(H,23,25). The van der Waals surface area contributed by atoms with Crippen molar-refractivity contribution in [2.45, 2.75) is 13.0 Å². The summed E-state index contributed by atoms with van der Waals surface area (Å²) in [7, 11) is 0. The maximum atomic E-state index is 12.5. The van der Waals surface area contributed by atoms with Crippen molar-refractivity contribution in [2.24, 2.45) is 0 Å². The fourth-order valence-corrected chi connectivity index (χ4v) is 2.91. The van der Waals surface area contributed by atoms with E-state index in [0.29, 0.717) is 16.6 Å². The number of nitrogens with zero attached hydrogens (tertiary/aromatic N) is 3. The van der Waals surface area contributed by atoms with E-state index in [-0.39, 0.29) is 24.4 Å². The van der Waals surface area contributed by atoms with Crippen molar-refractivity contribution in [3.05, 3.63) is 77.5 Å². The van der Waals surface area contributed by atoms with Crippen LogP contribution in [0.1, 0.15) is 6.42 Å². The van der Waals surface area contributed by atoms with Gasteiger partial charge in [-0.05, 0) is 36.4 Å². The highest BCUT2D eigenvalue weighted by atomic mass is 16.2. The van der Waals surface area contributed by atoms with Crippen LogP contribution >= 0.6 is 0 Å². The fourth-order valence-electron chi connectivity index (χ4n) is 2.91. The normalized spacial score (nSPS) is 10.9. The number of hydrogen-bond donors (Lipinski definition) is 1. The summed E-state index contributed by atoms with van der Waals surface area (Å²) in [6.07, 6.45) is 3.38. The average Bonchev–Trinajstić information content (AvgIpc) is 2.68. The number of amides is 1. The zero-order chi connectivity index (χ0) is 17.9. The average molecular weight is 344 g/mol. The zero-order valence-electron chi connectivity index (χ0n) is 13.9. The Labute approximate surface area is 149 Å². The smallest absolute Gasteiger partial charge is 0.261 e. The molecule has 0 saturated heterocycles. The lowest BCUT2D eigenvalue weighted by Crippen LogP contribution is -2.23. The Morgan fingerprint density at radius 1 is 0.923 bits per heavy atom. The first-order valence-electron chi connectivity index (χ1n) is 8.30. The summed E-state index contributed by atoms with van der Waals surface area (Å²) in [6.45, 7) is 0.269. The summed E-state index contributed by atoms with van der Waals surface area (Å²) in [4.78, 5) is 33.3. The molecule has 6 heteroatoms. The fraction of sp³-hybridized carbons (Fsp3) is 0.100. The number of aromatic nitrogens is 3. The molecule has 0 aliphatic carbocycles. The van der Waals surface area contributed by atoms with Gasteiger partial charge in [-0.3, -0.25) is 19.1 Å². The maximum Gasteiger partial charge on any atom is 0.261 e. The van der Waals surface area contributed by atoms with E-state index in [9.17, 15) is 9.59 Å². The van der Waals surface area contributed by atoms with Gasteiger partial charge in [0.1, 0.15) is 0 Å². The predicted octanol–water partition coefficient (Wildman–Crippen LogP) is 2.97. The van der Waals surface area contributed by atoms with Crippen LogP contribution in [0.4, 0.5) is 5.69 Å². The largest absolute Gasteiger partial charge is 0.325 e. The van der Waals surface area contributed by atoms with E-state index in [4.69, 9.17) is 0 Å². The van der Waals surface area contributed by atoms with Crippen LogP contribution in [-0.2, 0) is 11.3 Å². The Bertz CT molecular complexity index is 1160. The SMILES string of the molecule is O=C(CCn1cnc2ccccc2c1=O)Nc1cccc2ncccc12. The van der Waals surface area contributed by atoms with Gasteiger partial charge in [0.15, 0.2) is 0 Å². The minimum atomic E-state index is -0.165. The summed E-state index contributed by atoms with van der Waals surface area (Å²) >= 11 is 0. The van der Waals surface area contributed by atoms with Crippen LogP contribution in [0.25, 0.3) is 21.8 Å². The zero-order valence-corrected chi connectivity index (χ0v) is 13.9. The van der Waals surface area contributed by atoms with E-state index >= 15 is 0 Å². The van der Waals surface area contributed by atoms with Crippen molar-refractivity contribution >= 4 is 33.4 Å². The van der Waals surface area contributed by atoms with Gasteiger partial charge in [-0.15, -0.1) is 0 Å². The molecule has 0 aliphatic heterocycles. The summed E-state index contributed by atoms with van der Waals surface area (Å²) < 4.78 is 1.46. The number of fused-ring (bicyclic) bond motifs is 2. The number of anilines is 1. The molecule has 0 radical (unpaired) electrons. The van der Waals surface area contributed by atoms with Gasteiger partial charge in [-0.25, -0.2) is 4.98 Å². The molecule has 0 fully saturated rings. The van der Waals surface area contributed by atoms with Gasteiger partial charge < -0.3 is 5.32 Å². The Hall–Kier alpha value is -3.54. The van der Waals surface area contributed by atoms with Gasteiger partial charge >= 0.3 is 0 Å². The van der Waals surface area contributed by atoms with Crippen LogP contribution in [0.2, 0.25) is 0 Å². The van der Waals surface area contributed by atoms with Crippen LogP contribution in [-0.4, -0.2) is 20.4 Å². The Morgan fingerprint density at radius 3 is 2.62 bits per heavy atom. The summed E-state index contributed by atoms with van der Waals surface area (Å²) in [5.41, 5.74) is 2.05. The number of pyridine rings is 1. The summed E-state index contributed by atoms with van der Waals surface area (Å²) in [5.74, 6) is -0.165. The first kappa shape index (κ1) is 16.0. The van der Waals surface area contributed by atoms with Crippen LogP contribution in [0.5, 0.6) is 0 Å². The molecular weight excluding hydrogens is 328 g/mol. The number of carbonyl (C=O) groups is 1. The molecule has 4 rings (SSSR count). The third kappa shape index (κ3) is 3.04. The van der Waals surface area contributed by atoms with Crippen molar-refractivity contribution in [1.29, 1.82) is 0 Å². The Morgan fingerprint density at radius 2 is 1.69 bits per heavy atom. The highest BCUT2D eigenvalue weighted by Crippen LogP contribution is 2.21. The number of carbonyl (C=O) groups excluding carboxylic acids is 1. The highest BCUT2D eigenvalue weighted by molar-refractivity contribution is 6.00. The van der Waals surface area contributed by atoms with Gasteiger partial charge in [0, 0.05) is 24.5 Å². The van der Waals surface area contributed by atoms with Crippen molar-refractivity contribution in [1.82, 2.24) is 14.5 Å². The molecule has 4 aromatic rings. The second-order valence-electron chi connectivity index (χ2n) is 5.93. The van der Waals surface area contributed by atoms with Crippen LogP contribution < -0.4 is 10.9 Å². The van der Waals surface area contributed by atoms with Crippen molar-refractivity contribution < 1.29 is 4.79 Å². The van der Waals surface area contributed by atoms with Crippen molar-refractivity contribution in [2.75, 3.05) is 5.32 Å². The molecule has 26 heavy (non-hydrogen) atoms. The first-order valence-corrected chi connectivity index (χ1v) is 8.30. The third-order valence-electron chi connectivity index (χ3n) is 4.23. The van der Waals surface area contributed by atoms with Crippen LogP contribution in [0.3, 0.4) is 0 Å². The minimum Gasteiger partial charge on any atom is -0.325 e. The quantitative estimate of drug-likeness (QED) is 0.617. The molecule has 0 unspecified atom stereocenters. The second kappa shape index (κ2) is 6.76. The number of aryl methyl sites for hydroxylation is 1. The molecule has 1 N–H and O–H groups in total. The summed E-state index contributed by atoms with van der Waals surface area (Å²) in [6, 6.07) is 16.5. The van der Waals surface area contributed by atoms with E-state index in [2.05, 4.69) is 15.3 Å². The number of benzene rings is 2. The van der Waals surface area contributed by atoms with Crippen molar-refractivity contribution in [3.8, 4) is 0 Å². The first-order chi connectivity index (χ1) is 12.7. The van der Waals surface area contributed by atoms with Gasteiger partial charge in [0.25, 0.3) is 5.56 Å². The van der Waals surface area contributed by atoms with Gasteiger partial charge in [-0.2, -0.15) is 0 Å². The molecule has 128 valence electrons. The lowest BCUT2D eigenvalue weighted by atomic mass is 10.2. The van der Waals surface area contributed by atoms with Gasteiger partial charge in [0.2, 0.25) is 5.91 Å². The topological polar surface area (TPSA) is 76.9 Å². The lowest BCUT2D eigenvalue weighted by molar-refractivity contribution is -0.116. The number of rotatable bonds is 4. The minimum absolute atomic E-state index is 0.141.